The Bertz CT molecular complexity index is 374. The van der Waals surface area contributed by atoms with Gasteiger partial charge >= 0.3 is 0 Å². The largest absolute Gasteiger partial charge is 0.292 e. The molecule has 0 fully saturated rings. The van der Waals surface area contributed by atoms with Crippen LogP contribution in [0.5, 0.6) is 0 Å². The Morgan fingerprint density at radius 2 is 2.14 bits per heavy atom. The zero-order chi connectivity index (χ0) is 10.2. The third kappa shape index (κ3) is 1.90. The molecule has 0 aliphatic carbocycles. The first-order chi connectivity index (χ1) is 6.57. The monoisotopic (exact) mass is 251 g/mol. The van der Waals surface area contributed by atoms with Crippen LogP contribution < -0.4 is 0 Å². The maximum atomic E-state index is 4.27. The summed E-state index contributed by atoms with van der Waals surface area (Å²) in [7, 11) is 0. The molecule has 1 nitrogen and oxygen atoms in total. The minimum absolute atomic E-state index is 0.0661. The van der Waals surface area contributed by atoms with Crippen molar-refractivity contribution < 1.29 is 0 Å². The van der Waals surface area contributed by atoms with Gasteiger partial charge < -0.3 is 0 Å². The van der Waals surface area contributed by atoms with E-state index in [0.717, 1.165) is 13.0 Å². The van der Waals surface area contributed by atoms with E-state index in [1.54, 1.807) is 0 Å². The number of alkyl halides is 1. The van der Waals surface area contributed by atoms with Gasteiger partial charge in [0.15, 0.2) is 0 Å². The van der Waals surface area contributed by atoms with Gasteiger partial charge in [-0.25, -0.2) is 0 Å². The van der Waals surface area contributed by atoms with Crippen molar-refractivity contribution >= 4 is 22.1 Å². The van der Waals surface area contributed by atoms with Crippen molar-refractivity contribution in [2.24, 2.45) is 4.99 Å². The van der Waals surface area contributed by atoms with Crippen molar-refractivity contribution in [1.29, 1.82) is 0 Å². The predicted octanol–water partition coefficient (Wildman–Crippen LogP) is 3.29. The molecule has 0 aromatic heterocycles. The normalized spacial score (nSPS) is 15.4. The van der Waals surface area contributed by atoms with Crippen LogP contribution in [-0.4, -0.2) is 12.8 Å². The van der Waals surface area contributed by atoms with Crippen molar-refractivity contribution in [3.63, 3.8) is 0 Å². The molecule has 1 aromatic carbocycles. The van der Waals surface area contributed by atoms with E-state index in [2.05, 4.69) is 53.0 Å². The van der Waals surface area contributed by atoms with E-state index in [1.807, 2.05) is 6.21 Å². The molecule has 0 amide bonds. The van der Waals surface area contributed by atoms with E-state index in [4.69, 9.17) is 0 Å². The topological polar surface area (TPSA) is 12.4 Å². The van der Waals surface area contributed by atoms with Crippen molar-refractivity contribution in [3.8, 4) is 0 Å². The predicted molar refractivity (Wildman–Crippen MR) is 64.6 cm³/mol. The van der Waals surface area contributed by atoms with E-state index in [9.17, 15) is 0 Å². The Balaban J connectivity index is 2.45. The first kappa shape index (κ1) is 9.91. The second-order valence-corrected chi connectivity index (χ2v) is 6.15. The molecule has 2 rings (SSSR count). The van der Waals surface area contributed by atoms with Crippen LogP contribution in [-0.2, 0) is 10.7 Å². The number of hydrogen-bond acceptors (Lipinski definition) is 1. The molecule has 0 bridgehead atoms. The molecule has 74 valence electrons. The molecule has 0 saturated heterocycles. The van der Waals surface area contributed by atoms with Crippen LogP contribution in [0.15, 0.2) is 23.2 Å². The molecule has 0 spiro atoms. The Morgan fingerprint density at radius 1 is 1.36 bits per heavy atom. The van der Waals surface area contributed by atoms with Gasteiger partial charge in [-0.2, -0.15) is 0 Å². The van der Waals surface area contributed by atoms with Gasteiger partial charge in [-0.3, -0.25) is 4.99 Å². The van der Waals surface area contributed by atoms with Gasteiger partial charge in [-0.1, -0.05) is 34.1 Å². The van der Waals surface area contributed by atoms with Crippen LogP contribution in [0, 0.1) is 0 Å². The van der Waals surface area contributed by atoms with Crippen LogP contribution in [0.25, 0.3) is 0 Å². The quantitative estimate of drug-likeness (QED) is 0.680. The van der Waals surface area contributed by atoms with Gasteiger partial charge in [0.1, 0.15) is 0 Å². The Morgan fingerprint density at radius 3 is 2.86 bits per heavy atom. The van der Waals surface area contributed by atoms with E-state index < -0.39 is 0 Å². The maximum absolute atomic E-state index is 4.27. The standard InChI is InChI=1S/C12H14BrN/c1-12(2,13)11-4-3-10-8-14-6-5-9(10)7-11/h3-4,7-8H,5-6H2,1-2H3. The second-order valence-electron chi connectivity index (χ2n) is 4.17. The highest BCUT2D eigenvalue weighted by molar-refractivity contribution is 9.09. The summed E-state index contributed by atoms with van der Waals surface area (Å²) < 4.78 is 0.0661. The molecule has 1 aromatic rings. The average Bonchev–Trinajstić information content (AvgIpc) is 2.16. The summed E-state index contributed by atoms with van der Waals surface area (Å²) in [6.07, 6.45) is 3.05. The summed E-state index contributed by atoms with van der Waals surface area (Å²) in [5.74, 6) is 0. The summed E-state index contributed by atoms with van der Waals surface area (Å²) >= 11 is 3.68. The SMILES string of the molecule is CC(C)(Br)c1ccc2c(c1)CCN=C2. The van der Waals surface area contributed by atoms with Gasteiger partial charge in [0, 0.05) is 17.1 Å². The second kappa shape index (κ2) is 3.50. The van der Waals surface area contributed by atoms with E-state index >= 15 is 0 Å². The number of rotatable bonds is 1. The summed E-state index contributed by atoms with van der Waals surface area (Å²) in [6.45, 7) is 5.27. The minimum Gasteiger partial charge on any atom is -0.292 e. The highest BCUT2D eigenvalue weighted by Gasteiger charge is 2.17. The molecule has 0 saturated carbocycles. The number of halogens is 1. The van der Waals surface area contributed by atoms with Crippen LogP contribution in [0.4, 0.5) is 0 Å². The molecule has 14 heavy (non-hydrogen) atoms. The minimum atomic E-state index is 0.0661. The molecule has 1 heterocycles. The molecule has 1 aliphatic heterocycles. The molecule has 0 atom stereocenters. The Kier molecular flexibility index (Phi) is 2.48. The fraction of sp³-hybridized carbons (Fsp3) is 0.417. The van der Waals surface area contributed by atoms with Gasteiger partial charge in [0.05, 0.1) is 0 Å². The van der Waals surface area contributed by atoms with Crippen molar-refractivity contribution in [1.82, 2.24) is 0 Å². The van der Waals surface area contributed by atoms with Crippen LogP contribution in [0.2, 0.25) is 0 Å². The highest BCUT2D eigenvalue weighted by atomic mass is 79.9. The van der Waals surface area contributed by atoms with Crippen molar-refractivity contribution in [2.75, 3.05) is 6.54 Å². The average molecular weight is 252 g/mol. The molecular formula is C12H14BrN. The van der Waals surface area contributed by atoms with Gasteiger partial charge in [0.25, 0.3) is 0 Å². The highest BCUT2D eigenvalue weighted by Crippen LogP contribution is 2.31. The summed E-state index contributed by atoms with van der Waals surface area (Å²) in [5.41, 5.74) is 4.04. The van der Waals surface area contributed by atoms with Gasteiger partial charge in [-0.15, -0.1) is 0 Å². The molecule has 2 heteroatoms. The van der Waals surface area contributed by atoms with Crippen molar-refractivity contribution in [3.05, 3.63) is 34.9 Å². The molecule has 0 unspecified atom stereocenters. The number of nitrogens with zero attached hydrogens (tertiary/aromatic N) is 1. The Hall–Kier alpha value is -0.630. The number of fused-ring (bicyclic) bond motifs is 1. The summed E-state index contributed by atoms with van der Waals surface area (Å²) in [4.78, 5) is 4.27. The number of benzene rings is 1. The van der Waals surface area contributed by atoms with E-state index in [1.165, 1.54) is 16.7 Å². The van der Waals surface area contributed by atoms with Crippen LogP contribution in [0.1, 0.15) is 30.5 Å². The Labute approximate surface area is 93.4 Å². The smallest absolute Gasteiger partial charge is 0.0449 e. The van der Waals surface area contributed by atoms with E-state index in [-0.39, 0.29) is 4.32 Å². The molecular weight excluding hydrogens is 238 g/mol. The zero-order valence-electron chi connectivity index (χ0n) is 8.55. The van der Waals surface area contributed by atoms with Crippen LogP contribution >= 0.6 is 15.9 Å². The molecule has 0 N–H and O–H groups in total. The fourth-order valence-electron chi connectivity index (χ4n) is 1.67. The maximum Gasteiger partial charge on any atom is 0.0449 e. The summed E-state index contributed by atoms with van der Waals surface area (Å²) in [5, 5.41) is 0. The van der Waals surface area contributed by atoms with E-state index in [0.29, 0.717) is 0 Å². The molecule has 0 radical (unpaired) electrons. The number of hydrogen-bond donors (Lipinski definition) is 0. The third-order valence-electron chi connectivity index (χ3n) is 2.57. The lowest BCUT2D eigenvalue weighted by molar-refractivity contribution is 0.798. The summed E-state index contributed by atoms with van der Waals surface area (Å²) in [6, 6.07) is 6.62. The zero-order valence-corrected chi connectivity index (χ0v) is 10.1. The van der Waals surface area contributed by atoms with Gasteiger partial charge in [-0.05, 0) is 37.0 Å². The van der Waals surface area contributed by atoms with Crippen molar-refractivity contribution in [2.45, 2.75) is 24.6 Å². The lowest BCUT2D eigenvalue weighted by Crippen LogP contribution is -2.10. The van der Waals surface area contributed by atoms with Crippen LogP contribution in [0.3, 0.4) is 0 Å². The lowest BCUT2D eigenvalue weighted by atomic mass is 9.95. The van der Waals surface area contributed by atoms with Gasteiger partial charge in [0.2, 0.25) is 0 Å². The first-order valence-corrected chi connectivity index (χ1v) is 5.69. The third-order valence-corrected chi connectivity index (χ3v) is 3.03. The number of aliphatic imine (C=N–C) groups is 1. The first-order valence-electron chi connectivity index (χ1n) is 4.89. The molecule has 1 aliphatic rings. The fourth-order valence-corrected chi connectivity index (χ4v) is 1.91. The lowest BCUT2D eigenvalue weighted by Gasteiger charge is -2.19.